The quantitative estimate of drug-likeness (QED) is 0.704. The Hall–Kier alpha value is -1.68. The summed E-state index contributed by atoms with van der Waals surface area (Å²) in [7, 11) is -1.55. The summed E-state index contributed by atoms with van der Waals surface area (Å²) < 4.78 is 37.3. The number of ether oxygens (including phenoxy) is 2. The molecule has 2 rings (SSSR count). The third-order valence-electron chi connectivity index (χ3n) is 4.00. The standard InChI is InChI=1S/C16H22N2O6S.ClH/c1-10-6-13(4-5-17-10)18-25(21,22)14-8-11(15(19)23-2)7-12(9-14)16(20)24-3;/h7-10,13,17-18H,4-6H2,1-3H3;1H. The van der Waals surface area contributed by atoms with Crippen LogP contribution in [0.4, 0.5) is 0 Å². The molecule has 0 bridgehead atoms. The van der Waals surface area contributed by atoms with Crippen molar-refractivity contribution in [1.29, 1.82) is 0 Å². The van der Waals surface area contributed by atoms with E-state index in [4.69, 9.17) is 0 Å². The van der Waals surface area contributed by atoms with Gasteiger partial charge in [0.15, 0.2) is 0 Å². The molecule has 1 aliphatic heterocycles. The molecule has 2 N–H and O–H groups in total. The number of methoxy groups -OCH3 is 2. The van der Waals surface area contributed by atoms with Gasteiger partial charge in [0.1, 0.15) is 0 Å². The zero-order valence-electron chi connectivity index (χ0n) is 14.8. The number of esters is 2. The summed E-state index contributed by atoms with van der Waals surface area (Å²) in [5.74, 6) is -1.48. The molecule has 2 unspecified atom stereocenters. The number of sulfonamides is 1. The van der Waals surface area contributed by atoms with Gasteiger partial charge in [-0.2, -0.15) is 0 Å². The van der Waals surface area contributed by atoms with E-state index in [0.29, 0.717) is 19.4 Å². The second kappa shape index (κ2) is 9.31. The second-order valence-corrected chi connectivity index (χ2v) is 7.64. The van der Waals surface area contributed by atoms with E-state index in [1.54, 1.807) is 0 Å². The fourth-order valence-electron chi connectivity index (χ4n) is 2.75. The normalized spacial score (nSPS) is 20.0. The van der Waals surface area contributed by atoms with Gasteiger partial charge >= 0.3 is 11.9 Å². The SMILES string of the molecule is COC(=O)c1cc(C(=O)OC)cc(S(=O)(=O)NC2CCNC(C)C2)c1.Cl. The van der Waals surface area contributed by atoms with Gasteiger partial charge in [0, 0.05) is 12.1 Å². The maximum Gasteiger partial charge on any atom is 0.337 e. The molecule has 1 heterocycles. The molecular weight excluding hydrogens is 384 g/mol. The third-order valence-corrected chi connectivity index (χ3v) is 5.50. The van der Waals surface area contributed by atoms with Gasteiger partial charge in [-0.1, -0.05) is 0 Å². The molecule has 8 nitrogen and oxygen atoms in total. The number of hydrogen-bond donors (Lipinski definition) is 2. The van der Waals surface area contributed by atoms with Gasteiger partial charge in [0.2, 0.25) is 10.0 Å². The molecule has 1 aromatic carbocycles. The second-order valence-electron chi connectivity index (χ2n) is 5.93. The molecule has 1 saturated heterocycles. The molecule has 0 aliphatic carbocycles. The molecule has 1 aromatic rings. The Bertz CT molecular complexity index is 734. The molecule has 26 heavy (non-hydrogen) atoms. The van der Waals surface area contributed by atoms with Gasteiger partial charge in [-0.25, -0.2) is 22.7 Å². The lowest BCUT2D eigenvalue weighted by Crippen LogP contribution is -2.46. The third kappa shape index (κ3) is 5.41. The monoisotopic (exact) mass is 406 g/mol. The van der Waals surface area contributed by atoms with Gasteiger partial charge in [-0.15, -0.1) is 12.4 Å². The number of carbonyl (C=O) groups is 2. The van der Waals surface area contributed by atoms with E-state index in [1.807, 2.05) is 6.92 Å². The first kappa shape index (κ1) is 22.4. The Balaban J connectivity index is 0.00000338. The first-order valence-electron chi connectivity index (χ1n) is 7.84. The van der Waals surface area contributed by atoms with Crippen LogP contribution in [-0.2, 0) is 19.5 Å². The van der Waals surface area contributed by atoms with Crippen molar-refractivity contribution >= 4 is 34.4 Å². The van der Waals surface area contributed by atoms with E-state index in [9.17, 15) is 18.0 Å². The van der Waals surface area contributed by atoms with Gasteiger partial charge in [-0.05, 0) is 44.5 Å². The van der Waals surface area contributed by atoms with Crippen LogP contribution in [0.2, 0.25) is 0 Å². The van der Waals surface area contributed by atoms with Gasteiger partial charge in [0.25, 0.3) is 0 Å². The van der Waals surface area contributed by atoms with Crippen LogP contribution in [0.1, 0.15) is 40.5 Å². The van der Waals surface area contributed by atoms with Gasteiger partial charge in [-0.3, -0.25) is 0 Å². The van der Waals surface area contributed by atoms with Crippen molar-refractivity contribution in [2.24, 2.45) is 0 Å². The number of nitrogens with one attached hydrogen (secondary N) is 2. The van der Waals surface area contributed by atoms with Crippen molar-refractivity contribution in [2.45, 2.75) is 36.7 Å². The number of halogens is 1. The largest absolute Gasteiger partial charge is 0.465 e. The van der Waals surface area contributed by atoms with E-state index in [2.05, 4.69) is 19.5 Å². The van der Waals surface area contributed by atoms with Gasteiger partial charge < -0.3 is 14.8 Å². The zero-order valence-corrected chi connectivity index (χ0v) is 16.4. The highest BCUT2D eigenvalue weighted by Crippen LogP contribution is 2.19. The number of piperidine rings is 1. The molecule has 0 amide bonds. The minimum Gasteiger partial charge on any atom is -0.465 e. The van der Waals surface area contributed by atoms with E-state index in [0.717, 1.165) is 0 Å². The fourth-order valence-corrected chi connectivity index (χ4v) is 4.11. The average Bonchev–Trinajstić information content (AvgIpc) is 2.59. The number of carbonyl (C=O) groups excluding carboxylic acids is 2. The van der Waals surface area contributed by atoms with E-state index in [1.165, 1.54) is 32.4 Å². The van der Waals surface area contributed by atoms with Crippen molar-refractivity contribution in [1.82, 2.24) is 10.0 Å². The molecule has 0 saturated carbocycles. The zero-order chi connectivity index (χ0) is 18.6. The highest BCUT2D eigenvalue weighted by Gasteiger charge is 2.26. The minimum absolute atomic E-state index is 0. The summed E-state index contributed by atoms with van der Waals surface area (Å²) in [4.78, 5) is 23.4. The highest BCUT2D eigenvalue weighted by molar-refractivity contribution is 7.89. The van der Waals surface area contributed by atoms with Crippen molar-refractivity contribution in [2.75, 3.05) is 20.8 Å². The molecule has 2 atom stereocenters. The number of hydrogen-bond acceptors (Lipinski definition) is 7. The maximum absolute atomic E-state index is 12.7. The average molecular weight is 407 g/mol. The lowest BCUT2D eigenvalue weighted by atomic mass is 10.0. The van der Waals surface area contributed by atoms with Crippen LogP contribution in [0.25, 0.3) is 0 Å². The Labute approximate surface area is 159 Å². The van der Waals surface area contributed by atoms with E-state index >= 15 is 0 Å². The van der Waals surface area contributed by atoms with Crippen molar-refractivity contribution < 1.29 is 27.5 Å². The maximum atomic E-state index is 12.7. The molecule has 1 fully saturated rings. The summed E-state index contributed by atoms with van der Waals surface area (Å²) in [6.07, 6.45) is 1.31. The Morgan fingerprint density at radius 3 is 2.12 bits per heavy atom. The van der Waals surface area contributed by atoms with Crippen LogP contribution in [0.15, 0.2) is 23.1 Å². The Morgan fingerprint density at radius 2 is 1.65 bits per heavy atom. The molecule has 146 valence electrons. The lowest BCUT2D eigenvalue weighted by Gasteiger charge is -2.28. The van der Waals surface area contributed by atoms with Crippen LogP contribution in [0, 0.1) is 0 Å². The molecule has 1 aliphatic rings. The Kier molecular flexibility index (Phi) is 8.01. The lowest BCUT2D eigenvalue weighted by molar-refractivity contribution is 0.0598. The molecular formula is C16H23ClN2O6S. The van der Waals surface area contributed by atoms with Crippen LogP contribution in [-0.4, -0.2) is 53.2 Å². The first-order chi connectivity index (χ1) is 11.8. The predicted octanol–water partition coefficient (Wildman–Crippen LogP) is 1.10. The van der Waals surface area contributed by atoms with Crippen LogP contribution < -0.4 is 10.0 Å². The minimum atomic E-state index is -3.91. The molecule has 0 aromatic heterocycles. The number of benzene rings is 1. The number of rotatable bonds is 5. The summed E-state index contributed by atoms with van der Waals surface area (Å²) in [5.41, 5.74) is -0.0751. The smallest absolute Gasteiger partial charge is 0.337 e. The van der Waals surface area contributed by atoms with Crippen LogP contribution in [0.3, 0.4) is 0 Å². The fraction of sp³-hybridized carbons (Fsp3) is 0.500. The Morgan fingerprint density at radius 1 is 1.12 bits per heavy atom. The molecule has 0 radical (unpaired) electrons. The van der Waals surface area contributed by atoms with Crippen LogP contribution >= 0.6 is 12.4 Å². The summed E-state index contributed by atoms with van der Waals surface area (Å²) >= 11 is 0. The van der Waals surface area contributed by atoms with Gasteiger partial charge in [0.05, 0.1) is 30.2 Å². The highest BCUT2D eigenvalue weighted by atomic mass is 35.5. The van der Waals surface area contributed by atoms with E-state index in [-0.39, 0.29) is 40.5 Å². The van der Waals surface area contributed by atoms with Crippen molar-refractivity contribution in [3.05, 3.63) is 29.3 Å². The first-order valence-corrected chi connectivity index (χ1v) is 9.32. The summed E-state index contributed by atoms with van der Waals surface area (Å²) in [6, 6.07) is 3.59. The molecule has 10 heteroatoms. The summed E-state index contributed by atoms with van der Waals surface area (Å²) in [6.45, 7) is 2.69. The predicted molar refractivity (Wildman–Crippen MR) is 97.2 cm³/mol. The van der Waals surface area contributed by atoms with Crippen LogP contribution in [0.5, 0.6) is 0 Å². The molecule has 0 spiro atoms. The van der Waals surface area contributed by atoms with E-state index < -0.39 is 22.0 Å². The van der Waals surface area contributed by atoms with Crippen molar-refractivity contribution in [3.63, 3.8) is 0 Å². The summed E-state index contributed by atoms with van der Waals surface area (Å²) in [5, 5.41) is 3.24. The topological polar surface area (TPSA) is 111 Å². The van der Waals surface area contributed by atoms with Crippen molar-refractivity contribution in [3.8, 4) is 0 Å².